The van der Waals surface area contributed by atoms with Gasteiger partial charge in [-0.25, -0.2) is 4.79 Å². The maximum atomic E-state index is 12.2. The van der Waals surface area contributed by atoms with Crippen molar-refractivity contribution in [2.24, 2.45) is 5.92 Å². The molecule has 0 spiro atoms. The standard InChI is InChI=1S/C23H29NO2/c1-23(2,3)26-22(25)24-15-13-19(14-16-24)17-18-9-11-21(12-10-18)20-7-5-4-6-8-20/h4-12,19H,13-17H2,1-3H3. The molecule has 0 atom stereocenters. The van der Waals surface area contributed by atoms with Crippen molar-refractivity contribution in [2.45, 2.75) is 45.6 Å². The largest absolute Gasteiger partial charge is 0.444 e. The number of benzene rings is 2. The van der Waals surface area contributed by atoms with Gasteiger partial charge in [0, 0.05) is 13.1 Å². The molecule has 1 aliphatic rings. The van der Waals surface area contributed by atoms with Crippen LogP contribution in [0.25, 0.3) is 11.1 Å². The van der Waals surface area contributed by atoms with Gasteiger partial charge in [-0.15, -0.1) is 0 Å². The highest BCUT2D eigenvalue weighted by atomic mass is 16.6. The van der Waals surface area contributed by atoms with E-state index in [1.165, 1.54) is 16.7 Å². The van der Waals surface area contributed by atoms with Gasteiger partial charge in [-0.1, -0.05) is 54.6 Å². The van der Waals surface area contributed by atoms with Gasteiger partial charge in [-0.3, -0.25) is 0 Å². The minimum atomic E-state index is -0.422. The Morgan fingerprint density at radius 3 is 2.12 bits per heavy atom. The lowest BCUT2D eigenvalue weighted by Gasteiger charge is -2.33. The Balaban J connectivity index is 1.51. The average molecular weight is 351 g/mol. The molecular formula is C23H29NO2. The molecule has 26 heavy (non-hydrogen) atoms. The second kappa shape index (κ2) is 7.94. The SMILES string of the molecule is CC(C)(C)OC(=O)N1CCC(Cc2ccc(-c3ccccc3)cc2)CC1. The number of nitrogens with zero attached hydrogens (tertiary/aromatic N) is 1. The van der Waals surface area contributed by atoms with Crippen LogP contribution >= 0.6 is 0 Å². The summed E-state index contributed by atoms with van der Waals surface area (Å²) in [6, 6.07) is 19.4. The molecule has 138 valence electrons. The highest BCUT2D eigenvalue weighted by molar-refractivity contribution is 5.68. The van der Waals surface area contributed by atoms with Gasteiger partial charge in [0.2, 0.25) is 0 Å². The van der Waals surface area contributed by atoms with Crippen LogP contribution in [0.5, 0.6) is 0 Å². The Kier molecular flexibility index (Phi) is 5.65. The third kappa shape index (κ3) is 5.10. The normalized spacial score (nSPS) is 15.7. The molecule has 0 saturated carbocycles. The Bertz CT molecular complexity index is 708. The second-order valence-electron chi connectivity index (χ2n) is 8.18. The molecule has 0 bridgehead atoms. The lowest BCUT2D eigenvalue weighted by molar-refractivity contribution is 0.0184. The fraction of sp³-hybridized carbons (Fsp3) is 0.435. The van der Waals surface area contributed by atoms with Gasteiger partial charge in [0.25, 0.3) is 0 Å². The topological polar surface area (TPSA) is 29.5 Å². The monoisotopic (exact) mass is 351 g/mol. The molecule has 3 rings (SSSR count). The number of carbonyl (C=O) groups is 1. The van der Waals surface area contributed by atoms with E-state index in [9.17, 15) is 4.79 Å². The molecule has 1 fully saturated rings. The van der Waals surface area contributed by atoms with Crippen LogP contribution in [0.2, 0.25) is 0 Å². The number of amides is 1. The molecule has 0 radical (unpaired) electrons. The van der Waals surface area contributed by atoms with E-state index in [2.05, 4.69) is 48.5 Å². The summed E-state index contributed by atoms with van der Waals surface area (Å²) in [5.74, 6) is 0.635. The first-order valence-corrected chi connectivity index (χ1v) is 9.53. The molecule has 1 saturated heterocycles. The van der Waals surface area contributed by atoms with Gasteiger partial charge in [-0.2, -0.15) is 0 Å². The number of carbonyl (C=O) groups excluding carboxylic acids is 1. The van der Waals surface area contributed by atoms with E-state index in [4.69, 9.17) is 4.74 Å². The van der Waals surface area contributed by atoms with Crippen LogP contribution in [-0.4, -0.2) is 29.7 Å². The van der Waals surface area contributed by atoms with Crippen molar-refractivity contribution in [3.05, 3.63) is 60.2 Å². The van der Waals surface area contributed by atoms with Crippen molar-refractivity contribution >= 4 is 6.09 Å². The van der Waals surface area contributed by atoms with Crippen molar-refractivity contribution in [1.82, 2.24) is 4.90 Å². The minimum Gasteiger partial charge on any atom is -0.444 e. The third-order valence-electron chi connectivity index (χ3n) is 4.85. The molecule has 1 heterocycles. The summed E-state index contributed by atoms with van der Waals surface area (Å²) < 4.78 is 5.47. The number of likely N-dealkylation sites (tertiary alicyclic amines) is 1. The van der Waals surface area contributed by atoms with Crippen molar-refractivity contribution in [3.63, 3.8) is 0 Å². The number of ether oxygens (including phenoxy) is 1. The summed E-state index contributed by atoms with van der Waals surface area (Å²) >= 11 is 0. The molecule has 0 aromatic heterocycles. The molecule has 3 nitrogen and oxygen atoms in total. The highest BCUT2D eigenvalue weighted by Gasteiger charge is 2.26. The third-order valence-corrected chi connectivity index (χ3v) is 4.85. The Labute approximate surface area is 157 Å². The lowest BCUT2D eigenvalue weighted by Crippen LogP contribution is -2.42. The summed E-state index contributed by atoms with van der Waals surface area (Å²) in [5, 5.41) is 0. The predicted molar refractivity (Wildman–Crippen MR) is 106 cm³/mol. The maximum Gasteiger partial charge on any atom is 0.410 e. The second-order valence-corrected chi connectivity index (χ2v) is 8.18. The zero-order chi connectivity index (χ0) is 18.6. The van der Waals surface area contributed by atoms with Crippen molar-refractivity contribution in [2.75, 3.05) is 13.1 Å². The molecule has 0 unspecified atom stereocenters. The minimum absolute atomic E-state index is 0.178. The van der Waals surface area contributed by atoms with Crippen LogP contribution < -0.4 is 0 Å². The quantitative estimate of drug-likeness (QED) is 0.726. The first kappa shape index (κ1) is 18.5. The van der Waals surface area contributed by atoms with Crippen molar-refractivity contribution in [3.8, 4) is 11.1 Å². The molecule has 0 aliphatic carbocycles. The van der Waals surface area contributed by atoms with E-state index in [-0.39, 0.29) is 6.09 Å². The van der Waals surface area contributed by atoms with Gasteiger partial charge in [0.05, 0.1) is 0 Å². The number of rotatable bonds is 3. The maximum absolute atomic E-state index is 12.2. The van der Waals surface area contributed by atoms with Gasteiger partial charge < -0.3 is 9.64 Å². The van der Waals surface area contributed by atoms with Crippen LogP contribution in [-0.2, 0) is 11.2 Å². The Morgan fingerprint density at radius 1 is 0.962 bits per heavy atom. The number of piperidine rings is 1. The van der Waals surface area contributed by atoms with Crippen LogP contribution in [0.3, 0.4) is 0 Å². The summed E-state index contributed by atoms with van der Waals surface area (Å²) in [5.41, 5.74) is 3.47. The molecule has 1 amide bonds. The molecule has 3 heteroatoms. The first-order chi connectivity index (χ1) is 12.4. The van der Waals surface area contributed by atoms with E-state index in [0.29, 0.717) is 5.92 Å². The fourth-order valence-electron chi connectivity index (χ4n) is 3.44. The van der Waals surface area contributed by atoms with Crippen LogP contribution in [0.15, 0.2) is 54.6 Å². The van der Waals surface area contributed by atoms with Crippen LogP contribution in [0.4, 0.5) is 4.79 Å². The van der Waals surface area contributed by atoms with Gasteiger partial charge in [0.15, 0.2) is 0 Å². The fourth-order valence-corrected chi connectivity index (χ4v) is 3.44. The molecule has 2 aromatic carbocycles. The lowest BCUT2D eigenvalue weighted by atomic mass is 9.90. The summed E-state index contributed by atoms with van der Waals surface area (Å²) in [4.78, 5) is 14.0. The van der Waals surface area contributed by atoms with Gasteiger partial charge in [0.1, 0.15) is 5.60 Å². The first-order valence-electron chi connectivity index (χ1n) is 9.53. The predicted octanol–water partition coefficient (Wildman–Crippen LogP) is 5.54. The summed E-state index contributed by atoms with van der Waals surface area (Å²) in [6.45, 7) is 7.33. The number of hydrogen-bond acceptors (Lipinski definition) is 2. The Morgan fingerprint density at radius 2 is 1.54 bits per heavy atom. The van der Waals surface area contributed by atoms with Crippen molar-refractivity contribution < 1.29 is 9.53 Å². The van der Waals surface area contributed by atoms with Gasteiger partial charge >= 0.3 is 6.09 Å². The van der Waals surface area contributed by atoms with Crippen LogP contribution in [0, 0.1) is 5.92 Å². The van der Waals surface area contributed by atoms with E-state index < -0.39 is 5.60 Å². The van der Waals surface area contributed by atoms with E-state index in [1.54, 1.807) is 0 Å². The van der Waals surface area contributed by atoms with E-state index in [0.717, 1.165) is 32.4 Å². The molecular weight excluding hydrogens is 322 g/mol. The zero-order valence-corrected chi connectivity index (χ0v) is 16.1. The molecule has 0 N–H and O–H groups in total. The molecule has 2 aromatic rings. The van der Waals surface area contributed by atoms with Crippen molar-refractivity contribution in [1.29, 1.82) is 0 Å². The smallest absolute Gasteiger partial charge is 0.410 e. The Hall–Kier alpha value is -2.29. The van der Waals surface area contributed by atoms with Crippen LogP contribution in [0.1, 0.15) is 39.2 Å². The van der Waals surface area contributed by atoms with E-state index >= 15 is 0 Å². The summed E-state index contributed by atoms with van der Waals surface area (Å²) in [7, 11) is 0. The highest BCUT2D eigenvalue weighted by Crippen LogP contribution is 2.25. The summed E-state index contributed by atoms with van der Waals surface area (Å²) in [6.07, 6.45) is 2.99. The van der Waals surface area contributed by atoms with E-state index in [1.807, 2.05) is 31.7 Å². The molecule has 1 aliphatic heterocycles. The average Bonchev–Trinajstić information content (AvgIpc) is 2.62. The number of hydrogen-bond donors (Lipinski definition) is 0. The van der Waals surface area contributed by atoms with Gasteiger partial charge in [-0.05, 0) is 62.6 Å². The zero-order valence-electron chi connectivity index (χ0n) is 16.1.